The Labute approximate surface area is 129 Å². The van der Waals surface area contributed by atoms with Gasteiger partial charge in [-0.05, 0) is 25.8 Å². The minimum atomic E-state index is -4.49. The molecule has 2 unspecified atom stereocenters. The van der Waals surface area contributed by atoms with Crippen LogP contribution in [0.3, 0.4) is 0 Å². The highest BCUT2D eigenvalue weighted by Crippen LogP contribution is 2.31. The second-order valence-corrected chi connectivity index (χ2v) is 6.49. The van der Waals surface area contributed by atoms with E-state index in [2.05, 4.69) is 20.5 Å². The summed E-state index contributed by atoms with van der Waals surface area (Å²) in [6, 6.07) is -0.0793. The minimum Gasteiger partial charge on any atom is -0.333 e. The first kappa shape index (κ1) is 15.5. The van der Waals surface area contributed by atoms with Gasteiger partial charge in [0, 0.05) is 24.0 Å². The van der Waals surface area contributed by atoms with Crippen LogP contribution < -0.4 is 10.6 Å². The molecule has 1 aromatic rings. The van der Waals surface area contributed by atoms with Crippen molar-refractivity contribution in [3.05, 3.63) is 11.1 Å². The predicted octanol–water partition coefficient (Wildman–Crippen LogP) is 2.91. The van der Waals surface area contributed by atoms with E-state index in [-0.39, 0.29) is 11.2 Å². The molecule has 2 aliphatic heterocycles. The maximum Gasteiger partial charge on any atom is 0.434 e. The Kier molecular flexibility index (Phi) is 4.26. The number of halogens is 3. The normalized spacial score (nSPS) is 25.8. The summed E-state index contributed by atoms with van der Waals surface area (Å²) in [6.07, 6.45) is -0.206. The van der Waals surface area contributed by atoms with Gasteiger partial charge in [-0.3, -0.25) is 10.2 Å². The van der Waals surface area contributed by atoms with Crippen LogP contribution in [0.25, 0.3) is 0 Å². The number of hydrogen-bond acceptors (Lipinski definition) is 4. The molecule has 0 aliphatic carbocycles. The molecule has 5 nitrogen and oxygen atoms in total. The number of urea groups is 1. The predicted molar refractivity (Wildman–Crippen MR) is 76.9 cm³/mol. The lowest BCUT2D eigenvalue weighted by Crippen LogP contribution is -2.47. The molecule has 2 aliphatic rings. The molecule has 3 rings (SSSR count). The Balaban J connectivity index is 1.55. The molecule has 0 radical (unpaired) electrons. The van der Waals surface area contributed by atoms with Crippen LogP contribution in [-0.4, -0.2) is 41.1 Å². The number of nitrogens with one attached hydrogen (secondary N) is 2. The van der Waals surface area contributed by atoms with Gasteiger partial charge in [-0.25, -0.2) is 9.78 Å². The maximum absolute atomic E-state index is 12.5. The fourth-order valence-electron chi connectivity index (χ4n) is 3.18. The summed E-state index contributed by atoms with van der Waals surface area (Å²) >= 11 is 0.772. The van der Waals surface area contributed by atoms with Gasteiger partial charge in [-0.2, -0.15) is 13.2 Å². The summed E-state index contributed by atoms with van der Waals surface area (Å²) in [7, 11) is 0. The second kappa shape index (κ2) is 6.04. The van der Waals surface area contributed by atoms with Crippen molar-refractivity contribution >= 4 is 22.5 Å². The molecule has 0 spiro atoms. The number of rotatable bonds is 2. The molecular formula is C13H17F3N4OS. The summed E-state index contributed by atoms with van der Waals surface area (Å²) in [6.45, 7) is 2.02. The topological polar surface area (TPSA) is 57.3 Å². The van der Waals surface area contributed by atoms with Crippen LogP contribution in [0.2, 0.25) is 0 Å². The van der Waals surface area contributed by atoms with Crippen molar-refractivity contribution in [2.75, 3.05) is 18.4 Å². The van der Waals surface area contributed by atoms with Crippen LogP contribution in [-0.2, 0) is 6.18 Å². The summed E-state index contributed by atoms with van der Waals surface area (Å²) in [5, 5.41) is 6.12. The SMILES string of the molecule is O=C(Nc1nc(C(F)(F)F)cs1)NC1CCN2CCCCC12. The largest absolute Gasteiger partial charge is 0.434 e. The smallest absolute Gasteiger partial charge is 0.333 e. The molecule has 0 aromatic carbocycles. The fraction of sp³-hybridized carbons (Fsp3) is 0.692. The average molecular weight is 334 g/mol. The Bertz CT molecular complexity index is 548. The molecule has 0 saturated carbocycles. The zero-order valence-corrected chi connectivity index (χ0v) is 12.6. The van der Waals surface area contributed by atoms with E-state index in [1.807, 2.05) is 0 Å². The van der Waals surface area contributed by atoms with E-state index < -0.39 is 17.9 Å². The third-order valence-electron chi connectivity index (χ3n) is 4.19. The lowest BCUT2D eigenvalue weighted by Gasteiger charge is -2.32. The van der Waals surface area contributed by atoms with Crippen LogP contribution in [0.1, 0.15) is 31.4 Å². The van der Waals surface area contributed by atoms with Crippen LogP contribution in [0.15, 0.2) is 5.38 Å². The van der Waals surface area contributed by atoms with Crippen LogP contribution in [0, 0.1) is 0 Å². The first-order chi connectivity index (χ1) is 10.4. The Hall–Kier alpha value is -1.35. The number of fused-ring (bicyclic) bond motifs is 1. The molecule has 2 fully saturated rings. The number of nitrogens with zero attached hydrogens (tertiary/aromatic N) is 2. The van der Waals surface area contributed by atoms with Gasteiger partial charge in [0.1, 0.15) is 0 Å². The van der Waals surface area contributed by atoms with Crippen molar-refractivity contribution in [3.63, 3.8) is 0 Å². The number of carbonyl (C=O) groups excluding carboxylic acids is 1. The van der Waals surface area contributed by atoms with Gasteiger partial charge in [-0.1, -0.05) is 6.42 Å². The third kappa shape index (κ3) is 3.35. The van der Waals surface area contributed by atoms with Crippen molar-refractivity contribution in [1.29, 1.82) is 0 Å². The molecule has 2 amide bonds. The number of amides is 2. The number of hydrogen-bond donors (Lipinski definition) is 2. The zero-order chi connectivity index (χ0) is 15.7. The summed E-state index contributed by atoms with van der Waals surface area (Å²) in [5.41, 5.74) is -0.980. The quantitative estimate of drug-likeness (QED) is 0.874. The first-order valence-electron chi connectivity index (χ1n) is 7.28. The van der Waals surface area contributed by atoms with Crippen molar-refractivity contribution in [3.8, 4) is 0 Å². The van der Waals surface area contributed by atoms with E-state index in [1.54, 1.807) is 0 Å². The van der Waals surface area contributed by atoms with E-state index in [4.69, 9.17) is 0 Å². The number of thiazole rings is 1. The van der Waals surface area contributed by atoms with Gasteiger partial charge in [0.05, 0.1) is 0 Å². The fourth-order valence-corrected chi connectivity index (χ4v) is 3.89. The van der Waals surface area contributed by atoms with E-state index >= 15 is 0 Å². The van der Waals surface area contributed by atoms with Gasteiger partial charge < -0.3 is 5.32 Å². The van der Waals surface area contributed by atoms with Crippen molar-refractivity contribution in [1.82, 2.24) is 15.2 Å². The van der Waals surface area contributed by atoms with Gasteiger partial charge in [0.15, 0.2) is 10.8 Å². The van der Waals surface area contributed by atoms with E-state index in [0.29, 0.717) is 6.04 Å². The van der Waals surface area contributed by atoms with Crippen LogP contribution in [0.5, 0.6) is 0 Å². The maximum atomic E-state index is 12.5. The first-order valence-corrected chi connectivity index (χ1v) is 8.16. The molecule has 2 saturated heterocycles. The zero-order valence-electron chi connectivity index (χ0n) is 11.8. The monoisotopic (exact) mass is 334 g/mol. The lowest BCUT2D eigenvalue weighted by molar-refractivity contribution is -0.140. The van der Waals surface area contributed by atoms with Crippen molar-refractivity contribution in [2.45, 2.75) is 43.9 Å². The molecule has 1 aromatic heterocycles. The van der Waals surface area contributed by atoms with Crippen molar-refractivity contribution in [2.24, 2.45) is 0 Å². The molecule has 3 heterocycles. The number of carbonyl (C=O) groups is 1. The average Bonchev–Trinajstić information content (AvgIpc) is 3.06. The number of piperidine rings is 1. The third-order valence-corrected chi connectivity index (χ3v) is 4.95. The summed E-state index contributed by atoms with van der Waals surface area (Å²) in [4.78, 5) is 17.7. The highest BCUT2D eigenvalue weighted by Gasteiger charge is 2.37. The molecule has 22 heavy (non-hydrogen) atoms. The molecule has 2 N–H and O–H groups in total. The molecular weight excluding hydrogens is 317 g/mol. The molecule has 122 valence electrons. The van der Waals surface area contributed by atoms with Crippen molar-refractivity contribution < 1.29 is 18.0 Å². The Morgan fingerprint density at radius 3 is 2.86 bits per heavy atom. The van der Waals surface area contributed by atoms with Gasteiger partial charge in [0.25, 0.3) is 0 Å². The molecule has 2 atom stereocenters. The van der Waals surface area contributed by atoms with E-state index in [9.17, 15) is 18.0 Å². The molecule has 9 heteroatoms. The number of anilines is 1. The Morgan fingerprint density at radius 1 is 1.32 bits per heavy atom. The second-order valence-electron chi connectivity index (χ2n) is 5.63. The van der Waals surface area contributed by atoms with Gasteiger partial charge in [0.2, 0.25) is 0 Å². The summed E-state index contributed by atoms with van der Waals surface area (Å²) < 4.78 is 37.4. The number of aromatic nitrogens is 1. The Morgan fingerprint density at radius 2 is 2.14 bits per heavy atom. The van der Waals surface area contributed by atoms with E-state index in [1.165, 1.54) is 6.42 Å². The standard InChI is InChI=1S/C13H17F3N4OS/c14-13(15,16)10-7-22-12(18-10)19-11(21)17-8-4-6-20-5-2-1-3-9(8)20/h7-9H,1-6H2,(H2,17,18,19,21). The van der Waals surface area contributed by atoms with Crippen LogP contribution in [0.4, 0.5) is 23.1 Å². The van der Waals surface area contributed by atoms with Gasteiger partial charge >= 0.3 is 12.2 Å². The van der Waals surface area contributed by atoms with Crippen LogP contribution >= 0.6 is 11.3 Å². The summed E-state index contributed by atoms with van der Waals surface area (Å²) in [5.74, 6) is 0. The molecule has 0 bridgehead atoms. The highest BCUT2D eigenvalue weighted by atomic mass is 32.1. The number of alkyl halides is 3. The highest BCUT2D eigenvalue weighted by molar-refractivity contribution is 7.13. The lowest BCUT2D eigenvalue weighted by atomic mass is 9.99. The van der Waals surface area contributed by atoms with Gasteiger partial charge in [-0.15, -0.1) is 11.3 Å². The minimum absolute atomic E-state index is 0.0386. The van der Waals surface area contributed by atoms with E-state index in [0.717, 1.165) is 49.1 Å².